The number of hydrogen-bond donors (Lipinski definition) is 1. The van der Waals surface area contributed by atoms with E-state index in [1.807, 2.05) is 7.11 Å². The molecular weight excluding hydrogens is 234 g/mol. The van der Waals surface area contributed by atoms with Crippen molar-refractivity contribution in [1.29, 1.82) is 0 Å². The maximum Gasteiger partial charge on any atom is 0.0867 e. The van der Waals surface area contributed by atoms with Gasteiger partial charge in [-0.1, -0.05) is 39.0 Å². The second kappa shape index (κ2) is 7.06. The van der Waals surface area contributed by atoms with Crippen LogP contribution in [0.5, 0.6) is 0 Å². The van der Waals surface area contributed by atoms with Crippen LogP contribution in [0.3, 0.4) is 0 Å². The van der Waals surface area contributed by atoms with Gasteiger partial charge in [-0.2, -0.15) is 0 Å². The van der Waals surface area contributed by atoms with Crippen molar-refractivity contribution in [2.75, 3.05) is 13.7 Å². The molecule has 0 heterocycles. The van der Waals surface area contributed by atoms with Crippen molar-refractivity contribution >= 4 is 0 Å². The molecule has 0 radical (unpaired) electrons. The first-order chi connectivity index (χ1) is 9.06. The molecule has 1 rings (SSSR count). The third kappa shape index (κ3) is 3.18. The Morgan fingerprint density at radius 2 is 1.79 bits per heavy atom. The van der Waals surface area contributed by atoms with Gasteiger partial charge in [0.05, 0.1) is 11.6 Å². The Hall–Kier alpha value is -0.860. The fraction of sp³-hybridized carbons (Fsp3) is 0.647. The lowest BCUT2D eigenvalue weighted by molar-refractivity contribution is -0.0483. The zero-order chi connectivity index (χ0) is 14.5. The number of rotatable bonds is 7. The van der Waals surface area contributed by atoms with E-state index in [2.05, 4.69) is 58.1 Å². The Kier molecular flexibility index (Phi) is 6.02. The van der Waals surface area contributed by atoms with Crippen LogP contribution in [0.15, 0.2) is 18.2 Å². The van der Waals surface area contributed by atoms with E-state index in [0.717, 1.165) is 19.4 Å². The summed E-state index contributed by atoms with van der Waals surface area (Å²) in [5, 5.41) is 3.64. The number of hydrogen-bond acceptors (Lipinski definition) is 2. The summed E-state index contributed by atoms with van der Waals surface area (Å²) in [7, 11) is 1.84. The zero-order valence-corrected chi connectivity index (χ0v) is 13.3. The van der Waals surface area contributed by atoms with Crippen LogP contribution < -0.4 is 5.32 Å². The SMILES string of the molecule is CCNC(c1cccc(C)c1C)C(CC)(CC)OC. The first-order valence-electron chi connectivity index (χ1n) is 7.40. The molecule has 2 nitrogen and oxygen atoms in total. The Bertz CT molecular complexity index is 388. The number of ether oxygens (including phenoxy) is 1. The summed E-state index contributed by atoms with van der Waals surface area (Å²) in [5.74, 6) is 0. The Balaban J connectivity index is 3.30. The molecule has 0 bridgehead atoms. The van der Waals surface area contributed by atoms with Gasteiger partial charge in [0.2, 0.25) is 0 Å². The Morgan fingerprint density at radius 3 is 2.26 bits per heavy atom. The van der Waals surface area contributed by atoms with E-state index in [9.17, 15) is 0 Å². The van der Waals surface area contributed by atoms with Gasteiger partial charge in [-0.15, -0.1) is 0 Å². The number of benzene rings is 1. The summed E-state index contributed by atoms with van der Waals surface area (Å²) in [5.41, 5.74) is 3.95. The van der Waals surface area contributed by atoms with E-state index < -0.39 is 0 Å². The first-order valence-corrected chi connectivity index (χ1v) is 7.40. The van der Waals surface area contributed by atoms with Crippen molar-refractivity contribution in [2.45, 2.75) is 59.1 Å². The molecule has 0 spiro atoms. The Morgan fingerprint density at radius 1 is 1.16 bits per heavy atom. The van der Waals surface area contributed by atoms with Crippen molar-refractivity contribution < 1.29 is 4.74 Å². The van der Waals surface area contributed by atoms with Crippen LogP contribution in [-0.2, 0) is 4.74 Å². The summed E-state index contributed by atoms with van der Waals surface area (Å²) in [6.07, 6.45) is 2.01. The predicted molar refractivity (Wildman–Crippen MR) is 82.7 cm³/mol. The van der Waals surface area contributed by atoms with Crippen LogP contribution in [0.1, 0.15) is 56.3 Å². The fourth-order valence-corrected chi connectivity index (χ4v) is 2.93. The molecular formula is C17H29NO. The van der Waals surface area contributed by atoms with Gasteiger partial charge in [-0.05, 0) is 49.9 Å². The molecule has 0 saturated carbocycles. The molecule has 2 heteroatoms. The largest absolute Gasteiger partial charge is 0.376 e. The van der Waals surface area contributed by atoms with E-state index in [0.29, 0.717) is 0 Å². The average molecular weight is 263 g/mol. The van der Waals surface area contributed by atoms with Gasteiger partial charge < -0.3 is 10.1 Å². The molecule has 0 aliphatic heterocycles. The topological polar surface area (TPSA) is 21.3 Å². The van der Waals surface area contributed by atoms with Gasteiger partial charge in [0.15, 0.2) is 0 Å². The molecule has 0 aliphatic rings. The molecule has 108 valence electrons. The van der Waals surface area contributed by atoms with Crippen LogP contribution in [0.4, 0.5) is 0 Å². The van der Waals surface area contributed by atoms with Crippen molar-refractivity contribution in [3.63, 3.8) is 0 Å². The normalized spacial score (nSPS) is 13.6. The number of methoxy groups -OCH3 is 1. The maximum absolute atomic E-state index is 5.94. The minimum atomic E-state index is -0.130. The highest BCUT2D eigenvalue weighted by Crippen LogP contribution is 2.36. The lowest BCUT2D eigenvalue weighted by atomic mass is 9.81. The van der Waals surface area contributed by atoms with Gasteiger partial charge in [-0.25, -0.2) is 0 Å². The number of aryl methyl sites for hydroxylation is 1. The highest BCUT2D eigenvalue weighted by molar-refractivity contribution is 5.37. The molecule has 0 amide bonds. The molecule has 1 aromatic carbocycles. The molecule has 0 aromatic heterocycles. The summed E-state index contributed by atoms with van der Waals surface area (Å²) < 4.78 is 5.94. The molecule has 1 unspecified atom stereocenters. The second-order valence-electron chi connectivity index (χ2n) is 5.26. The smallest absolute Gasteiger partial charge is 0.0867 e. The van der Waals surface area contributed by atoms with E-state index >= 15 is 0 Å². The molecule has 0 fully saturated rings. The third-order valence-electron chi connectivity index (χ3n) is 4.50. The van der Waals surface area contributed by atoms with Gasteiger partial charge >= 0.3 is 0 Å². The molecule has 1 aromatic rings. The van der Waals surface area contributed by atoms with Gasteiger partial charge in [0, 0.05) is 7.11 Å². The summed E-state index contributed by atoms with van der Waals surface area (Å²) in [4.78, 5) is 0. The zero-order valence-electron chi connectivity index (χ0n) is 13.3. The van der Waals surface area contributed by atoms with Crippen molar-refractivity contribution in [3.8, 4) is 0 Å². The van der Waals surface area contributed by atoms with Crippen molar-refractivity contribution in [1.82, 2.24) is 5.32 Å². The van der Waals surface area contributed by atoms with Crippen molar-refractivity contribution in [3.05, 3.63) is 34.9 Å². The molecule has 1 N–H and O–H groups in total. The Labute approximate surface area is 118 Å². The maximum atomic E-state index is 5.94. The van der Waals surface area contributed by atoms with E-state index in [4.69, 9.17) is 4.74 Å². The number of likely N-dealkylation sites (N-methyl/N-ethyl adjacent to an activating group) is 1. The monoisotopic (exact) mass is 263 g/mol. The van der Waals surface area contributed by atoms with Crippen LogP contribution >= 0.6 is 0 Å². The van der Waals surface area contributed by atoms with E-state index in [1.54, 1.807) is 0 Å². The van der Waals surface area contributed by atoms with Crippen LogP contribution in [0.25, 0.3) is 0 Å². The fourth-order valence-electron chi connectivity index (χ4n) is 2.93. The molecule has 0 aliphatic carbocycles. The van der Waals surface area contributed by atoms with Crippen LogP contribution in [0.2, 0.25) is 0 Å². The van der Waals surface area contributed by atoms with Crippen LogP contribution in [0, 0.1) is 13.8 Å². The van der Waals surface area contributed by atoms with E-state index in [-0.39, 0.29) is 11.6 Å². The van der Waals surface area contributed by atoms with E-state index in [1.165, 1.54) is 16.7 Å². The van der Waals surface area contributed by atoms with Gasteiger partial charge in [0.1, 0.15) is 0 Å². The minimum Gasteiger partial charge on any atom is -0.376 e. The lowest BCUT2D eigenvalue weighted by Crippen LogP contribution is -2.45. The van der Waals surface area contributed by atoms with Gasteiger partial charge in [0.25, 0.3) is 0 Å². The van der Waals surface area contributed by atoms with Crippen molar-refractivity contribution in [2.24, 2.45) is 0 Å². The third-order valence-corrected chi connectivity index (χ3v) is 4.50. The highest BCUT2D eigenvalue weighted by atomic mass is 16.5. The predicted octanol–water partition coefficient (Wildman–Crippen LogP) is 4.16. The molecule has 1 atom stereocenters. The average Bonchev–Trinajstić information content (AvgIpc) is 2.43. The summed E-state index contributed by atoms with van der Waals surface area (Å²) in [6, 6.07) is 6.80. The summed E-state index contributed by atoms with van der Waals surface area (Å²) in [6.45, 7) is 11.9. The second-order valence-corrected chi connectivity index (χ2v) is 5.26. The standard InChI is InChI=1S/C17H29NO/c1-7-17(8-2,19-6)16(18-9-3)15-12-10-11-13(4)14(15)5/h10-12,16,18H,7-9H2,1-6H3. The number of nitrogens with one attached hydrogen (secondary N) is 1. The lowest BCUT2D eigenvalue weighted by Gasteiger charge is -2.40. The molecule has 0 saturated heterocycles. The molecule has 19 heavy (non-hydrogen) atoms. The minimum absolute atomic E-state index is 0.130. The van der Waals surface area contributed by atoms with Crippen LogP contribution in [-0.4, -0.2) is 19.3 Å². The quantitative estimate of drug-likeness (QED) is 0.797. The highest BCUT2D eigenvalue weighted by Gasteiger charge is 2.37. The van der Waals surface area contributed by atoms with Gasteiger partial charge in [-0.3, -0.25) is 0 Å². The first kappa shape index (κ1) is 16.2. The summed E-state index contributed by atoms with van der Waals surface area (Å²) >= 11 is 0.